The average molecular weight is 292 g/mol. The topological polar surface area (TPSA) is 64.8 Å². The summed E-state index contributed by atoms with van der Waals surface area (Å²) in [7, 11) is 0. The molecular weight excluding hydrogens is 268 g/mol. The van der Waals surface area contributed by atoms with Crippen molar-refractivity contribution >= 4 is 5.91 Å². The van der Waals surface area contributed by atoms with Crippen LogP contribution in [0.3, 0.4) is 0 Å². The van der Waals surface area contributed by atoms with Gasteiger partial charge in [0.2, 0.25) is 0 Å². The highest BCUT2D eigenvalue weighted by atomic mass is 16.5. The normalized spacial score (nSPS) is 18.1. The fourth-order valence-corrected chi connectivity index (χ4v) is 2.40. The minimum absolute atomic E-state index is 0.00169. The van der Waals surface area contributed by atoms with Crippen molar-refractivity contribution in [2.75, 3.05) is 26.3 Å². The number of hydrogen-bond donors (Lipinski definition) is 1. The van der Waals surface area contributed by atoms with E-state index in [0.717, 1.165) is 12.0 Å². The lowest BCUT2D eigenvalue weighted by Gasteiger charge is -2.29. The van der Waals surface area contributed by atoms with E-state index in [1.54, 1.807) is 11.8 Å². The summed E-state index contributed by atoms with van der Waals surface area (Å²) in [6.45, 7) is 6.26. The van der Waals surface area contributed by atoms with Crippen LogP contribution in [0.5, 0.6) is 5.75 Å². The summed E-state index contributed by atoms with van der Waals surface area (Å²) < 4.78 is 11.1. The van der Waals surface area contributed by atoms with Gasteiger partial charge < -0.3 is 20.1 Å². The average Bonchev–Trinajstić information content (AvgIpc) is 2.54. The number of nitrogens with zero attached hydrogens (tertiary/aromatic N) is 1. The summed E-state index contributed by atoms with van der Waals surface area (Å²) in [5.74, 6) is 0.694. The van der Waals surface area contributed by atoms with Crippen LogP contribution < -0.4 is 10.5 Å². The number of carbonyl (C=O) groups excluding carboxylic acids is 1. The van der Waals surface area contributed by atoms with Gasteiger partial charge in [-0.1, -0.05) is 25.1 Å². The molecular formula is C16H24N2O3. The number of hydrogen-bond acceptors (Lipinski definition) is 4. The van der Waals surface area contributed by atoms with E-state index < -0.39 is 6.10 Å². The first-order chi connectivity index (χ1) is 10.1. The van der Waals surface area contributed by atoms with Crippen LogP contribution in [-0.4, -0.2) is 43.2 Å². The van der Waals surface area contributed by atoms with Crippen LogP contribution >= 0.6 is 0 Å². The van der Waals surface area contributed by atoms with Gasteiger partial charge in [-0.05, 0) is 19.4 Å². The van der Waals surface area contributed by atoms with Crippen molar-refractivity contribution < 1.29 is 14.3 Å². The van der Waals surface area contributed by atoms with E-state index in [1.165, 1.54) is 0 Å². The van der Waals surface area contributed by atoms with E-state index in [4.69, 9.17) is 15.2 Å². The third-order valence-electron chi connectivity index (χ3n) is 3.73. The molecule has 2 N–H and O–H groups in total. The monoisotopic (exact) mass is 292 g/mol. The molecule has 1 unspecified atom stereocenters. The first kappa shape index (κ1) is 15.8. The molecule has 2 rings (SSSR count). The summed E-state index contributed by atoms with van der Waals surface area (Å²) >= 11 is 0. The van der Waals surface area contributed by atoms with Crippen LogP contribution in [0.4, 0.5) is 0 Å². The van der Waals surface area contributed by atoms with Crippen LogP contribution in [0, 0.1) is 0 Å². The maximum atomic E-state index is 12.4. The summed E-state index contributed by atoms with van der Waals surface area (Å²) in [5, 5.41) is 0. The lowest BCUT2D eigenvalue weighted by molar-refractivity contribution is -0.142. The predicted octanol–water partition coefficient (Wildman–Crippen LogP) is 1.72. The summed E-state index contributed by atoms with van der Waals surface area (Å²) in [6, 6.07) is 7.58. The first-order valence-corrected chi connectivity index (χ1v) is 7.51. The molecule has 0 spiro atoms. The van der Waals surface area contributed by atoms with E-state index in [0.29, 0.717) is 32.1 Å². The summed E-state index contributed by atoms with van der Waals surface area (Å²) in [6.07, 6.45) is 0.305. The van der Waals surface area contributed by atoms with Crippen LogP contribution in [-0.2, 0) is 9.53 Å². The highest BCUT2D eigenvalue weighted by molar-refractivity contribution is 5.81. The lowest BCUT2D eigenvalue weighted by atomic mass is 10.0. The Morgan fingerprint density at radius 1 is 1.38 bits per heavy atom. The number of amides is 1. The largest absolute Gasteiger partial charge is 0.481 e. The number of ether oxygens (including phenoxy) is 2. The standard InChI is InChI=1S/C16H24N2O3/c1-3-14(17)13-6-4-5-7-15(13)21-12(2)16(19)18-8-10-20-11-9-18/h4-7,12,14H,3,8-11,17H2,1-2H3/t12?,14-/m1/s1. The molecule has 5 heteroatoms. The van der Waals surface area contributed by atoms with E-state index >= 15 is 0 Å². The van der Waals surface area contributed by atoms with Gasteiger partial charge >= 0.3 is 0 Å². The molecule has 1 aliphatic heterocycles. The van der Waals surface area contributed by atoms with Crippen molar-refractivity contribution in [1.82, 2.24) is 4.90 Å². The molecule has 0 aromatic heterocycles. The molecule has 0 radical (unpaired) electrons. The van der Waals surface area contributed by atoms with Crippen LogP contribution in [0.2, 0.25) is 0 Å². The number of rotatable bonds is 5. The van der Waals surface area contributed by atoms with E-state index in [9.17, 15) is 4.79 Å². The van der Waals surface area contributed by atoms with Crippen LogP contribution in [0.1, 0.15) is 31.9 Å². The van der Waals surface area contributed by atoms with Crippen molar-refractivity contribution in [3.05, 3.63) is 29.8 Å². The second kappa shape index (κ2) is 7.43. The van der Waals surface area contributed by atoms with Gasteiger partial charge in [0.15, 0.2) is 6.10 Å². The molecule has 21 heavy (non-hydrogen) atoms. The van der Waals surface area contributed by atoms with Gasteiger partial charge in [-0.2, -0.15) is 0 Å². The number of benzene rings is 1. The zero-order valence-electron chi connectivity index (χ0n) is 12.7. The second-order valence-corrected chi connectivity index (χ2v) is 5.25. The molecule has 0 saturated carbocycles. The minimum Gasteiger partial charge on any atom is -0.481 e. The molecule has 1 heterocycles. The lowest BCUT2D eigenvalue weighted by Crippen LogP contribution is -2.46. The molecule has 1 saturated heterocycles. The first-order valence-electron chi connectivity index (χ1n) is 7.51. The van der Waals surface area contributed by atoms with E-state index in [-0.39, 0.29) is 11.9 Å². The van der Waals surface area contributed by atoms with Crippen molar-refractivity contribution in [3.8, 4) is 5.75 Å². The maximum Gasteiger partial charge on any atom is 0.263 e. The maximum absolute atomic E-state index is 12.4. The summed E-state index contributed by atoms with van der Waals surface area (Å²) in [5.41, 5.74) is 7.04. The van der Waals surface area contributed by atoms with Gasteiger partial charge in [0.05, 0.1) is 13.2 Å². The number of nitrogens with two attached hydrogens (primary N) is 1. The highest BCUT2D eigenvalue weighted by Gasteiger charge is 2.24. The number of morpholine rings is 1. The van der Waals surface area contributed by atoms with Gasteiger partial charge in [0.1, 0.15) is 5.75 Å². The van der Waals surface area contributed by atoms with Crippen LogP contribution in [0.15, 0.2) is 24.3 Å². The Balaban J connectivity index is 2.05. The molecule has 116 valence electrons. The molecule has 0 aliphatic carbocycles. The molecule has 1 amide bonds. The fourth-order valence-electron chi connectivity index (χ4n) is 2.40. The zero-order chi connectivity index (χ0) is 15.2. The SMILES string of the molecule is CC[C@@H](N)c1ccccc1OC(C)C(=O)N1CCOCC1. The Hall–Kier alpha value is -1.59. The Morgan fingerprint density at radius 3 is 2.71 bits per heavy atom. The predicted molar refractivity (Wildman–Crippen MR) is 81.2 cm³/mol. The van der Waals surface area contributed by atoms with Gasteiger partial charge in [0, 0.05) is 24.7 Å². The Labute approximate surface area is 126 Å². The molecule has 1 aromatic rings. The fraction of sp³-hybridized carbons (Fsp3) is 0.562. The molecule has 5 nitrogen and oxygen atoms in total. The molecule has 0 bridgehead atoms. The highest BCUT2D eigenvalue weighted by Crippen LogP contribution is 2.26. The molecule has 1 aliphatic rings. The van der Waals surface area contributed by atoms with Crippen LogP contribution in [0.25, 0.3) is 0 Å². The second-order valence-electron chi connectivity index (χ2n) is 5.25. The van der Waals surface area contributed by atoms with Gasteiger partial charge in [-0.25, -0.2) is 0 Å². The Bertz CT molecular complexity index is 472. The van der Waals surface area contributed by atoms with Crippen molar-refractivity contribution in [2.24, 2.45) is 5.73 Å². The third kappa shape index (κ3) is 3.95. The summed E-state index contributed by atoms with van der Waals surface area (Å²) in [4.78, 5) is 14.2. The van der Waals surface area contributed by atoms with Crippen molar-refractivity contribution in [1.29, 1.82) is 0 Å². The van der Waals surface area contributed by atoms with Crippen molar-refractivity contribution in [2.45, 2.75) is 32.4 Å². The Morgan fingerprint density at radius 2 is 2.05 bits per heavy atom. The van der Waals surface area contributed by atoms with Crippen molar-refractivity contribution in [3.63, 3.8) is 0 Å². The smallest absolute Gasteiger partial charge is 0.263 e. The third-order valence-corrected chi connectivity index (χ3v) is 3.73. The Kier molecular flexibility index (Phi) is 5.59. The molecule has 2 atom stereocenters. The van der Waals surface area contributed by atoms with E-state index in [2.05, 4.69) is 0 Å². The van der Waals surface area contributed by atoms with Gasteiger partial charge in [-0.15, -0.1) is 0 Å². The number of para-hydroxylation sites is 1. The van der Waals surface area contributed by atoms with Gasteiger partial charge in [-0.3, -0.25) is 4.79 Å². The van der Waals surface area contributed by atoms with E-state index in [1.807, 2.05) is 31.2 Å². The molecule has 1 fully saturated rings. The zero-order valence-corrected chi connectivity index (χ0v) is 12.7. The molecule has 1 aromatic carbocycles. The number of carbonyl (C=O) groups is 1. The quantitative estimate of drug-likeness (QED) is 0.897. The van der Waals surface area contributed by atoms with Gasteiger partial charge in [0.25, 0.3) is 5.91 Å². The minimum atomic E-state index is -0.520.